The van der Waals surface area contributed by atoms with Gasteiger partial charge in [0.25, 0.3) is 0 Å². The van der Waals surface area contributed by atoms with E-state index in [-0.39, 0.29) is 42.1 Å². The molecule has 1 aliphatic rings. The van der Waals surface area contributed by atoms with Crippen LogP contribution in [0.5, 0.6) is 0 Å². The summed E-state index contributed by atoms with van der Waals surface area (Å²) in [5, 5.41) is 6.54. The van der Waals surface area contributed by atoms with E-state index in [0.29, 0.717) is 24.1 Å². The zero-order valence-corrected chi connectivity index (χ0v) is 19.8. The van der Waals surface area contributed by atoms with Crippen LogP contribution in [0, 0.1) is 19.8 Å². The molecule has 2 aromatic rings. The van der Waals surface area contributed by atoms with Crippen LogP contribution < -0.4 is 5.32 Å². The SMILES string of the molecule is Cc1noc(C)c1S(=O)(=O)N1CCC(C(=O)NCC(C)(C)c2cccc(C(F)(F)F)c2)CC1. The molecule has 0 saturated carbocycles. The van der Waals surface area contributed by atoms with Crippen LogP contribution in [0.2, 0.25) is 0 Å². The quantitative estimate of drug-likeness (QED) is 0.669. The van der Waals surface area contributed by atoms with E-state index in [1.54, 1.807) is 33.8 Å². The number of benzene rings is 1. The lowest BCUT2D eigenvalue weighted by atomic mass is 9.83. The molecule has 1 aromatic heterocycles. The fraction of sp³-hybridized carbons (Fsp3) is 0.545. The molecule has 11 heteroatoms. The zero-order valence-electron chi connectivity index (χ0n) is 19.0. The molecule has 1 aromatic carbocycles. The first-order chi connectivity index (χ1) is 15.2. The number of sulfonamides is 1. The lowest BCUT2D eigenvalue weighted by molar-refractivity contribution is -0.137. The Morgan fingerprint density at radius 1 is 1.18 bits per heavy atom. The summed E-state index contributed by atoms with van der Waals surface area (Å²) in [6.07, 6.45) is -3.75. The summed E-state index contributed by atoms with van der Waals surface area (Å²) in [4.78, 5) is 12.8. The number of aryl methyl sites for hydroxylation is 2. The first-order valence-corrected chi connectivity index (χ1v) is 12.1. The van der Waals surface area contributed by atoms with Crippen molar-refractivity contribution in [1.82, 2.24) is 14.8 Å². The molecule has 7 nitrogen and oxygen atoms in total. The molecule has 0 radical (unpaired) electrons. The van der Waals surface area contributed by atoms with Crippen LogP contribution in [0.1, 0.15) is 49.3 Å². The number of hydrogen-bond acceptors (Lipinski definition) is 5. The van der Waals surface area contributed by atoms with E-state index in [0.717, 1.165) is 12.1 Å². The maximum atomic E-state index is 13.0. The molecule has 1 aliphatic heterocycles. The van der Waals surface area contributed by atoms with Crippen LogP contribution >= 0.6 is 0 Å². The highest BCUT2D eigenvalue weighted by molar-refractivity contribution is 7.89. The van der Waals surface area contributed by atoms with Gasteiger partial charge >= 0.3 is 6.18 Å². The molecule has 0 aliphatic carbocycles. The van der Waals surface area contributed by atoms with Crippen molar-refractivity contribution in [2.75, 3.05) is 19.6 Å². The van der Waals surface area contributed by atoms with Crippen molar-refractivity contribution < 1.29 is 30.9 Å². The Labute approximate surface area is 191 Å². The highest BCUT2D eigenvalue weighted by Crippen LogP contribution is 2.33. The molecule has 33 heavy (non-hydrogen) atoms. The smallest absolute Gasteiger partial charge is 0.360 e. The molecule has 1 saturated heterocycles. The minimum Gasteiger partial charge on any atom is -0.360 e. The molecule has 0 spiro atoms. The van der Waals surface area contributed by atoms with Gasteiger partial charge in [-0.1, -0.05) is 37.2 Å². The van der Waals surface area contributed by atoms with E-state index in [1.807, 2.05) is 0 Å². The number of alkyl halides is 3. The number of nitrogens with one attached hydrogen (secondary N) is 1. The standard InChI is InChI=1S/C22H28F3N3O4S/c1-14-19(15(2)32-27-14)33(30,31)28-10-8-16(9-11-28)20(29)26-13-21(3,4)17-6-5-7-18(12-17)22(23,24)25/h5-7,12,16H,8-11,13H2,1-4H3,(H,26,29). The van der Waals surface area contributed by atoms with Gasteiger partial charge in [0.1, 0.15) is 10.6 Å². The van der Waals surface area contributed by atoms with Gasteiger partial charge in [0.2, 0.25) is 15.9 Å². The second-order valence-electron chi connectivity index (χ2n) is 9.01. The fourth-order valence-corrected chi connectivity index (χ4v) is 5.76. The minimum atomic E-state index is -4.44. The molecule has 182 valence electrons. The lowest BCUT2D eigenvalue weighted by Crippen LogP contribution is -2.45. The van der Waals surface area contributed by atoms with Gasteiger partial charge in [0.15, 0.2) is 5.76 Å². The van der Waals surface area contributed by atoms with Crippen molar-refractivity contribution >= 4 is 15.9 Å². The van der Waals surface area contributed by atoms with Crippen molar-refractivity contribution in [2.45, 2.75) is 57.0 Å². The second-order valence-corrected chi connectivity index (χ2v) is 10.9. The zero-order chi connectivity index (χ0) is 24.6. The first-order valence-electron chi connectivity index (χ1n) is 10.6. The minimum absolute atomic E-state index is 0.0632. The van der Waals surface area contributed by atoms with Gasteiger partial charge in [-0.3, -0.25) is 4.79 Å². The van der Waals surface area contributed by atoms with Crippen molar-refractivity contribution in [3.05, 3.63) is 46.8 Å². The molecule has 0 unspecified atom stereocenters. The summed E-state index contributed by atoms with van der Waals surface area (Å²) in [5.41, 5.74) is -0.682. The monoisotopic (exact) mass is 487 g/mol. The van der Waals surface area contributed by atoms with Crippen LogP contribution in [-0.2, 0) is 26.4 Å². The van der Waals surface area contributed by atoms with Gasteiger partial charge < -0.3 is 9.84 Å². The number of piperidine rings is 1. The third kappa shape index (κ3) is 5.40. The van der Waals surface area contributed by atoms with E-state index in [1.165, 1.54) is 10.4 Å². The van der Waals surface area contributed by atoms with Gasteiger partial charge in [-0.25, -0.2) is 8.42 Å². The van der Waals surface area contributed by atoms with E-state index in [9.17, 15) is 26.4 Å². The van der Waals surface area contributed by atoms with Crippen LogP contribution in [0.25, 0.3) is 0 Å². The Kier molecular flexibility index (Phi) is 6.95. The largest absolute Gasteiger partial charge is 0.416 e. The summed E-state index contributed by atoms with van der Waals surface area (Å²) < 4.78 is 71.3. The summed E-state index contributed by atoms with van der Waals surface area (Å²) >= 11 is 0. The van der Waals surface area contributed by atoms with E-state index in [4.69, 9.17) is 4.52 Å². The Balaban J connectivity index is 1.59. The van der Waals surface area contributed by atoms with Crippen LogP contribution in [-0.4, -0.2) is 43.4 Å². The predicted molar refractivity (Wildman–Crippen MR) is 115 cm³/mol. The number of nitrogens with zero attached hydrogens (tertiary/aromatic N) is 2. The Bertz CT molecular complexity index is 1100. The van der Waals surface area contributed by atoms with Gasteiger partial charge in [-0.2, -0.15) is 17.5 Å². The molecular weight excluding hydrogens is 459 g/mol. The normalized spacial score (nSPS) is 16.7. The Morgan fingerprint density at radius 3 is 2.33 bits per heavy atom. The number of hydrogen-bond donors (Lipinski definition) is 1. The van der Waals surface area contributed by atoms with Gasteiger partial charge in [0, 0.05) is 31.0 Å². The van der Waals surface area contributed by atoms with Gasteiger partial charge in [-0.05, 0) is 38.3 Å². The molecule has 1 fully saturated rings. The number of aromatic nitrogens is 1. The van der Waals surface area contributed by atoms with Crippen LogP contribution in [0.15, 0.2) is 33.7 Å². The fourth-order valence-electron chi connectivity index (χ4n) is 4.00. The van der Waals surface area contributed by atoms with E-state index < -0.39 is 27.2 Å². The average Bonchev–Trinajstić information content (AvgIpc) is 3.10. The van der Waals surface area contributed by atoms with E-state index in [2.05, 4.69) is 10.5 Å². The summed E-state index contributed by atoms with van der Waals surface area (Å²) in [7, 11) is -3.76. The Morgan fingerprint density at radius 2 is 1.79 bits per heavy atom. The highest BCUT2D eigenvalue weighted by atomic mass is 32.2. The molecule has 0 atom stereocenters. The lowest BCUT2D eigenvalue weighted by Gasteiger charge is -2.32. The molecule has 2 heterocycles. The van der Waals surface area contributed by atoms with E-state index >= 15 is 0 Å². The van der Waals surface area contributed by atoms with Crippen molar-refractivity contribution in [2.24, 2.45) is 5.92 Å². The van der Waals surface area contributed by atoms with Crippen molar-refractivity contribution in [3.63, 3.8) is 0 Å². The summed E-state index contributed by atoms with van der Waals surface area (Å²) in [6, 6.07) is 5.09. The maximum Gasteiger partial charge on any atom is 0.416 e. The maximum absolute atomic E-state index is 13.0. The van der Waals surface area contributed by atoms with Crippen molar-refractivity contribution in [1.29, 1.82) is 0 Å². The van der Waals surface area contributed by atoms with Crippen LogP contribution in [0.4, 0.5) is 13.2 Å². The first kappa shape index (κ1) is 25.2. The number of carbonyl (C=O) groups is 1. The Hall–Kier alpha value is -2.40. The number of halogens is 3. The predicted octanol–water partition coefficient (Wildman–Crippen LogP) is 3.80. The number of rotatable bonds is 6. The summed E-state index contributed by atoms with van der Waals surface area (Å²) in [5.74, 6) is -0.382. The molecule has 1 N–H and O–H groups in total. The molecule has 0 bridgehead atoms. The summed E-state index contributed by atoms with van der Waals surface area (Å²) in [6.45, 7) is 7.16. The van der Waals surface area contributed by atoms with Gasteiger partial charge in [0.05, 0.1) is 5.56 Å². The molecule has 3 rings (SSSR count). The van der Waals surface area contributed by atoms with Crippen molar-refractivity contribution in [3.8, 4) is 0 Å². The molecule has 1 amide bonds. The third-order valence-corrected chi connectivity index (χ3v) is 8.21. The highest BCUT2D eigenvalue weighted by Gasteiger charge is 2.36. The van der Waals surface area contributed by atoms with Gasteiger partial charge in [-0.15, -0.1) is 0 Å². The molecular formula is C22H28F3N3O4S. The van der Waals surface area contributed by atoms with Crippen LogP contribution in [0.3, 0.4) is 0 Å². The average molecular weight is 488 g/mol. The third-order valence-electron chi connectivity index (χ3n) is 6.07. The number of amides is 1. The second kappa shape index (κ2) is 9.09. The topological polar surface area (TPSA) is 92.5 Å². The number of carbonyl (C=O) groups excluding carboxylic acids is 1.